The minimum Gasteiger partial charge on any atom is -0.481 e. The van der Waals surface area contributed by atoms with Gasteiger partial charge >= 0.3 is 80.2 Å². The molecule has 2 saturated carbocycles. The summed E-state index contributed by atoms with van der Waals surface area (Å²) < 4.78 is 0. The van der Waals surface area contributed by atoms with Crippen LogP contribution in [0.5, 0.6) is 0 Å². The largest absolute Gasteiger partial charge is 3.00 e. The van der Waals surface area contributed by atoms with Gasteiger partial charge in [-0.25, -0.2) is 19.2 Å². The van der Waals surface area contributed by atoms with Gasteiger partial charge in [0.15, 0.2) is 0 Å². The third-order valence-electron chi connectivity index (χ3n) is 15.0. The van der Waals surface area contributed by atoms with Crippen LogP contribution in [0.2, 0.25) is 0 Å². The Morgan fingerprint density at radius 2 is 1.12 bits per heavy atom. The fourth-order valence-corrected chi connectivity index (χ4v) is 10.6. The number of amides is 6. The molecule has 0 radical (unpaired) electrons. The van der Waals surface area contributed by atoms with Crippen LogP contribution in [0.1, 0.15) is 94.6 Å². The van der Waals surface area contributed by atoms with Gasteiger partial charge in [-0.3, -0.25) is 33.8 Å². The van der Waals surface area contributed by atoms with Crippen molar-refractivity contribution in [3.8, 4) is 0 Å². The van der Waals surface area contributed by atoms with Crippen LogP contribution < -0.4 is 31.9 Å². The summed E-state index contributed by atoms with van der Waals surface area (Å²) in [6.45, 7) is 0.721. The number of rotatable bonds is 31. The summed E-state index contributed by atoms with van der Waals surface area (Å²) in [7, 11) is 5.70. The summed E-state index contributed by atoms with van der Waals surface area (Å²) in [6, 6.07) is 15.6. The van der Waals surface area contributed by atoms with Crippen LogP contribution in [0, 0.1) is 11.8 Å². The number of fused-ring (bicyclic) bond motifs is 1. The molecule has 0 aliphatic heterocycles. The fourth-order valence-electron chi connectivity index (χ4n) is 10.6. The number of carbonyl (C=O) groups is 9. The summed E-state index contributed by atoms with van der Waals surface area (Å²) in [5.41, 5.74) is 2.42. The standard InChI is InChI=1S/C56H79N9O14.3CO2.Ga/c1-63(2)42(32-65(34-50(70)71)47-14-7-6-13-46(47)64(3)33-49(68)69)29-35-18-23-41(24-19-35)59-55(78)58-31-36-15-21-39(22-16-36)51(72)60-45(30-37-17-20-38-10-4-5-11-40(38)28-37)52(73)57-27-9-8-12-43(53(74)75)61-56(79)62-44(54(76)77)25-26-48(66)67;3*2-1-3;/h4-5,10-11,17-20,23-24,28,36,39,42-47H,6-9,12-16,21-22,25-27,29-34H2,1-3H3,(H,57,73)(H,60,72)(H,66,67)(H,68,69)(H,70,71)(H,74,75)(H,76,77)(H2,58,59,78)(H2,61,62,79);;;;/q;;;;+3/t36?,39?,42-,43+,44+,45+,46+,47+;;;;/m1..../s1/i;;;;1-2. The van der Waals surface area contributed by atoms with E-state index in [9.17, 15) is 63.6 Å². The first-order chi connectivity index (χ1) is 41.9. The van der Waals surface area contributed by atoms with Crippen LogP contribution in [-0.2, 0) is 75.2 Å². The molecule has 0 bridgehead atoms. The summed E-state index contributed by atoms with van der Waals surface area (Å²) >= 11 is 0. The van der Waals surface area contributed by atoms with Gasteiger partial charge in [0.1, 0.15) is 18.1 Å². The van der Waals surface area contributed by atoms with E-state index in [1.807, 2.05) is 90.6 Å². The summed E-state index contributed by atoms with van der Waals surface area (Å²) in [4.78, 5) is 166. The van der Waals surface area contributed by atoms with Crippen molar-refractivity contribution < 1.29 is 97.5 Å². The number of urea groups is 2. The fraction of sp³-hybridized carbons (Fsp3) is 0.525. The smallest absolute Gasteiger partial charge is 0.481 e. The van der Waals surface area contributed by atoms with Crippen molar-refractivity contribution in [2.45, 2.75) is 133 Å². The maximum atomic E-state index is 13.8. The van der Waals surface area contributed by atoms with Crippen molar-refractivity contribution in [3.63, 3.8) is 0 Å². The van der Waals surface area contributed by atoms with E-state index in [2.05, 4.69) is 36.8 Å². The first kappa shape index (κ1) is 78.4. The monoisotopic (exact) mass is 1300 g/mol. The topological polar surface area (TPSA) is 439 Å². The molecule has 5 rings (SSSR count). The summed E-state index contributed by atoms with van der Waals surface area (Å²) in [6.07, 6.45) is 7.05. The van der Waals surface area contributed by atoms with E-state index in [0.717, 1.165) is 47.6 Å². The van der Waals surface area contributed by atoms with Gasteiger partial charge in [-0.05, 0) is 132 Å². The van der Waals surface area contributed by atoms with Gasteiger partial charge in [-0.2, -0.15) is 28.8 Å². The van der Waals surface area contributed by atoms with Gasteiger partial charge < -0.3 is 62.3 Å². The molecule has 30 heteroatoms. The number of anilines is 1. The van der Waals surface area contributed by atoms with Gasteiger partial charge in [0.25, 0.3) is 0 Å². The molecule has 2 fully saturated rings. The zero-order chi connectivity index (χ0) is 65.7. The zero-order valence-electron chi connectivity index (χ0n) is 49.9. The van der Waals surface area contributed by atoms with Crippen LogP contribution in [0.15, 0.2) is 66.7 Å². The summed E-state index contributed by atoms with van der Waals surface area (Å²) in [5.74, 6) is -6.89. The molecule has 0 heterocycles. The number of aliphatic carboxylic acids is 5. The SMILES string of the molecule is CN(C)[C@H](Cc1ccc(NC(=O)NCC2CCC(C(=O)N[C@@H](Cc3ccc4ccccc4c3)C(=O)NCCCC[C@H](NC(=O)N[C@@H](CCC(=O)O)C(=O)O)C(=O)O)CC2)cc1)CN(CC(=O)O)[C@H]1CCCC[C@@H]1N(C)CC(=O)O.O=C=O.O=C=O.O=C=O.[68Ga+3]. The molecule has 6 amide bonds. The average Bonchev–Trinajstić information content (AvgIpc) is 2.69. The maximum Gasteiger partial charge on any atom is 3.00 e. The van der Waals surface area contributed by atoms with Crippen molar-refractivity contribution in [1.82, 2.24) is 41.3 Å². The van der Waals surface area contributed by atoms with E-state index < -0.39 is 72.8 Å². The number of nitrogens with one attached hydrogen (secondary N) is 6. The first-order valence-electron chi connectivity index (χ1n) is 28.4. The second-order valence-electron chi connectivity index (χ2n) is 21.4. The van der Waals surface area contributed by atoms with Crippen molar-refractivity contribution in [2.24, 2.45) is 11.8 Å². The van der Waals surface area contributed by atoms with Crippen molar-refractivity contribution in [3.05, 3.63) is 77.9 Å². The first-order valence-corrected chi connectivity index (χ1v) is 28.4. The van der Waals surface area contributed by atoms with Crippen LogP contribution in [0.3, 0.4) is 0 Å². The van der Waals surface area contributed by atoms with E-state index >= 15 is 0 Å². The Labute approximate surface area is 526 Å². The molecule has 0 spiro atoms. The van der Waals surface area contributed by atoms with Crippen molar-refractivity contribution in [2.75, 3.05) is 59.2 Å². The number of likely N-dealkylation sites (N-methyl/N-ethyl adjacent to an activating group) is 2. The second-order valence-corrected chi connectivity index (χ2v) is 21.4. The molecule has 11 N–H and O–H groups in total. The van der Waals surface area contributed by atoms with E-state index in [1.54, 1.807) is 7.05 Å². The minimum atomic E-state index is -1.54. The average molecular weight is 1300 g/mol. The molecule has 3 aromatic carbocycles. The van der Waals surface area contributed by atoms with E-state index in [0.29, 0.717) is 57.3 Å². The molecule has 0 unspecified atom stereocenters. The molecule has 480 valence electrons. The van der Waals surface area contributed by atoms with Gasteiger partial charge in [-0.1, -0.05) is 67.4 Å². The van der Waals surface area contributed by atoms with Crippen molar-refractivity contribution in [1.29, 1.82) is 0 Å². The molecule has 6 atom stereocenters. The van der Waals surface area contributed by atoms with Gasteiger partial charge in [0.2, 0.25) is 11.8 Å². The second kappa shape index (κ2) is 43.1. The number of benzene rings is 3. The number of hydrogen-bond acceptors (Lipinski definition) is 18. The predicted molar refractivity (Wildman–Crippen MR) is 314 cm³/mol. The Balaban J connectivity index is 0.00000372. The van der Waals surface area contributed by atoms with Gasteiger partial charge in [-0.15, -0.1) is 0 Å². The molecule has 29 nitrogen and oxygen atoms in total. The Kier molecular flexibility index (Phi) is 38.0. The molecule has 2 aliphatic carbocycles. The molecular weight excluding hydrogens is 1220 g/mol. The number of carboxylic acids is 5. The molecule has 0 aromatic heterocycles. The van der Waals surface area contributed by atoms with Gasteiger partial charge in [0, 0.05) is 62.2 Å². The van der Waals surface area contributed by atoms with Crippen LogP contribution >= 0.6 is 0 Å². The number of unbranched alkanes of at least 4 members (excludes halogenated alkanes) is 1. The van der Waals surface area contributed by atoms with E-state index in [1.165, 1.54) is 0 Å². The normalized spacial score (nSPS) is 17.0. The van der Waals surface area contributed by atoms with Crippen molar-refractivity contribution >= 4 is 108 Å². The molecule has 0 saturated heterocycles. The number of nitrogens with zero attached hydrogens (tertiary/aromatic N) is 3. The van der Waals surface area contributed by atoms with E-state index in [4.69, 9.17) is 33.9 Å². The Hall–Kier alpha value is -8.59. The van der Waals surface area contributed by atoms with Crippen LogP contribution in [0.4, 0.5) is 15.3 Å². The zero-order valence-corrected chi connectivity index (χ0v) is 52.3. The molecular formula is C59H79GaN9O20+3. The summed E-state index contributed by atoms with van der Waals surface area (Å²) in [5, 5.41) is 65.3. The van der Waals surface area contributed by atoms with E-state index in [-0.39, 0.29) is 119 Å². The third-order valence-corrected chi connectivity index (χ3v) is 15.0. The molecule has 2 aliphatic rings. The number of carboxylic acid groups (broad SMARTS) is 5. The van der Waals surface area contributed by atoms with Crippen LogP contribution in [0.25, 0.3) is 10.8 Å². The van der Waals surface area contributed by atoms with Gasteiger partial charge in [0.05, 0.1) is 13.1 Å². The Bertz CT molecular complexity index is 2840. The Morgan fingerprint density at radius 3 is 1.67 bits per heavy atom. The molecule has 89 heavy (non-hydrogen) atoms. The predicted octanol–water partition coefficient (Wildman–Crippen LogP) is 1.91. The number of hydrogen-bond donors (Lipinski definition) is 11. The molecule has 3 aromatic rings. The van der Waals surface area contributed by atoms with Crippen LogP contribution in [-0.4, -0.2) is 222 Å². The Morgan fingerprint density at radius 1 is 0.573 bits per heavy atom. The number of carbonyl (C=O) groups excluding carboxylic acids is 10. The maximum absolute atomic E-state index is 13.8. The third kappa shape index (κ3) is 30.7. The quantitative estimate of drug-likeness (QED) is 0.0324. The minimum absolute atomic E-state index is 0.